The molecule has 0 fully saturated rings. The average molecular weight is 434 g/mol. The Bertz CT molecular complexity index is 1570. The summed E-state index contributed by atoms with van der Waals surface area (Å²) in [7, 11) is 0. The van der Waals surface area contributed by atoms with Crippen molar-refractivity contribution < 1.29 is 8.83 Å². The molecule has 5 aromatic rings. The van der Waals surface area contributed by atoms with Crippen LogP contribution in [0.1, 0.15) is 22.6 Å². The van der Waals surface area contributed by atoms with E-state index in [1.807, 2.05) is 54.6 Å². The van der Waals surface area contributed by atoms with Crippen LogP contribution in [0.5, 0.6) is 0 Å². The lowest BCUT2D eigenvalue weighted by Crippen LogP contribution is -2.22. The molecule has 0 saturated carbocycles. The number of aromatic nitrogens is 4. The van der Waals surface area contributed by atoms with Gasteiger partial charge in [-0.25, -0.2) is 9.36 Å². The van der Waals surface area contributed by atoms with Gasteiger partial charge in [0.25, 0.3) is 5.56 Å². The monoisotopic (exact) mass is 434 g/mol. The number of hydrogen-bond donors (Lipinski definition) is 0. The molecule has 0 saturated heterocycles. The Hall–Kier alpha value is -3.59. The number of aryl methyl sites for hydroxylation is 3. The van der Waals surface area contributed by atoms with Crippen molar-refractivity contribution in [3.05, 3.63) is 86.1 Å². The van der Waals surface area contributed by atoms with Gasteiger partial charge in [-0.05, 0) is 44.5 Å². The lowest BCUT2D eigenvalue weighted by Gasteiger charge is -2.13. The van der Waals surface area contributed by atoms with Gasteiger partial charge in [0.05, 0.1) is 22.3 Å². The fourth-order valence-corrected chi connectivity index (χ4v) is 4.61. The van der Waals surface area contributed by atoms with Crippen LogP contribution in [0.25, 0.3) is 22.4 Å². The molecule has 0 atom stereocenters. The minimum absolute atomic E-state index is 0.157. The SMILES string of the molecule is Cc1ccc(-n2c(=O)c3ccccc3n3c(SCc4oc(=O)oc4C)nnc23)c(C)c1. The summed E-state index contributed by atoms with van der Waals surface area (Å²) >= 11 is 1.35. The Morgan fingerprint density at radius 1 is 1.00 bits per heavy atom. The summed E-state index contributed by atoms with van der Waals surface area (Å²) in [6.07, 6.45) is 0. The highest BCUT2D eigenvalue weighted by molar-refractivity contribution is 7.98. The van der Waals surface area contributed by atoms with E-state index in [4.69, 9.17) is 8.83 Å². The van der Waals surface area contributed by atoms with Crippen LogP contribution in [0, 0.1) is 20.8 Å². The van der Waals surface area contributed by atoms with Crippen LogP contribution in [0.3, 0.4) is 0 Å². The zero-order chi connectivity index (χ0) is 21.7. The Balaban J connectivity index is 1.75. The molecule has 0 aliphatic heterocycles. The van der Waals surface area contributed by atoms with Crippen LogP contribution >= 0.6 is 11.8 Å². The number of rotatable bonds is 4. The lowest BCUT2D eigenvalue weighted by molar-refractivity contribution is 0.372. The van der Waals surface area contributed by atoms with Gasteiger partial charge in [0.2, 0.25) is 5.78 Å². The molecule has 156 valence electrons. The largest absolute Gasteiger partial charge is 0.519 e. The van der Waals surface area contributed by atoms with Crippen molar-refractivity contribution in [1.82, 2.24) is 19.2 Å². The molecule has 3 aromatic heterocycles. The standard InChI is InChI=1S/C22H18N4O4S/c1-12-8-9-16(13(2)10-12)25-19(27)15-6-4-5-7-17(15)26-20(25)23-24-21(26)31-11-18-14(3)29-22(28)30-18/h4-10H,11H2,1-3H3. The van der Waals surface area contributed by atoms with Crippen LogP contribution in [0.15, 0.2) is 66.0 Å². The summed E-state index contributed by atoms with van der Waals surface area (Å²) in [5, 5.41) is 9.82. The average Bonchev–Trinajstić information content (AvgIpc) is 3.30. The third kappa shape index (κ3) is 3.17. The molecule has 5 rings (SSSR count). The van der Waals surface area contributed by atoms with Crippen molar-refractivity contribution in [3.8, 4) is 5.69 Å². The first-order chi connectivity index (χ1) is 14.9. The molecule has 3 heterocycles. The summed E-state index contributed by atoms with van der Waals surface area (Å²) in [5.74, 6) is 0.911. The second-order valence-electron chi connectivity index (χ2n) is 7.29. The van der Waals surface area contributed by atoms with E-state index in [0.717, 1.165) is 16.8 Å². The zero-order valence-electron chi connectivity index (χ0n) is 17.1. The van der Waals surface area contributed by atoms with Crippen molar-refractivity contribution in [2.24, 2.45) is 0 Å². The van der Waals surface area contributed by atoms with Crippen LogP contribution in [0.4, 0.5) is 0 Å². The summed E-state index contributed by atoms with van der Waals surface area (Å²) in [6, 6.07) is 13.3. The number of fused-ring (bicyclic) bond motifs is 3. The van der Waals surface area contributed by atoms with Gasteiger partial charge < -0.3 is 8.83 Å². The van der Waals surface area contributed by atoms with Crippen molar-refractivity contribution in [2.75, 3.05) is 0 Å². The molecule has 0 radical (unpaired) electrons. The first kappa shape index (κ1) is 19.4. The van der Waals surface area contributed by atoms with E-state index in [0.29, 0.717) is 39.1 Å². The lowest BCUT2D eigenvalue weighted by atomic mass is 10.1. The minimum atomic E-state index is -0.728. The molecule has 9 heteroatoms. The molecule has 0 unspecified atom stereocenters. The van der Waals surface area contributed by atoms with E-state index in [2.05, 4.69) is 10.2 Å². The van der Waals surface area contributed by atoms with Gasteiger partial charge in [0.1, 0.15) is 5.76 Å². The topological polar surface area (TPSA) is 95.5 Å². The number of nitrogens with zero attached hydrogens (tertiary/aromatic N) is 4. The van der Waals surface area contributed by atoms with Crippen molar-refractivity contribution >= 4 is 28.4 Å². The second kappa shape index (κ2) is 7.28. The zero-order valence-corrected chi connectivity index (χ0v) is 17.9. The molecule has 0 N–H and O–H groups in total. The Morgan fingerprint density at radius 3 is 2.55 bits per heavy atom. The predicted molar refractivity (Wildman–Crippen MR) is 117 cm³/mol. The first-order valence-electron chi connectivity index (χ1n) is 9.63. The normalized spacial score (nSPS) is 11.6. The highest BCUT2D eigenvalue weighted by Gasteiger charge is 2.20. The van der Waals surface area contributed by atoms with Crippen LogP contribution in [0.2, 0.25) is 0 Å². The Kier molecular flexibility index (Phi) is 4.55. The van der Waals surface area contributed by atoms with E-state index in [1.165, 1.54) is 11.8 Å². The summed E-state index contributed by atoms with van der Waals surface area (Å²) in [6.45, 7) is 5.66. The van der Waals surface area contributed by atoms with Gasteiger partial charge in [0.15, 0.2) is 10.9 Å². The van der Waals surface area contributed by atoms with Gasteiger partial charge in [0, 0.05) is 0 Å². The van der Waals surface area contributed by atoms with Crippen molar-refractivity contribution in [3.63, 3.8) is 0 Å². The maximum absolute atomic E-state index is 13.4. The predicted octanol–water partition coefficient (Wildman–Crippen LogP) is 3.80. The molecule has 0 aliphatic rings. The molecule has 0 amide bonds. The van der Waals surface area contributed by atoms with Crippen molar-refractivity contribution in [2.45, 2.75) is 31.7 Å². The van der Waals surface area contributed by atoms with Crippen LogP contribution in [-0.2, 0) is 5.75 Å². The quantitative estimate of drug-likeness (QED) is 0.397. The molecule has 0 spiro atoms. The molecule has 31 heavy (non-hydrogen) atoms. The molecule has 0 bridgehead atoms. The second-order valence-corrected chi connectivity index (χ2v) is 8.23. The fraction of sp³-hybridized carbons (Fsp3) is 0.182. The number of para-hydroxylation sites is 1. The first-order valence-corrected chi connectivity index (χ1v) is 10.6. The van der Waals surface area contributed by atoms with Crippen molar-refractivity contribution in [1.29, 1.82) is 0 Å². The van der Waals surface area contributed by atoms with Crippen LogP contribution < -0.4 is 11.4 Å². The Morgan fingerprint density at radius 2 is 1.81 bits per heavy atom. The van der Waals surface area contributed by atoms with Gasteiger partial charge >= 0.3 is 5.82 Å². The van der Waals surface area contributed by atoms with E-state index in [1.54, 1.807) is 17.6 Å². The summed E-state index contributed by atoms with van der Waals surface area (Å²) in [5.41, 5.74) is 3.39. The highest BCUT2D eigenvalue weighted by atomic mass is 32.2. The maximum atomic E-state index is 13.4. The molecule has 8 nitrogen and oxygen atoms in total. The maximum Gasteiger partial charge on any atom is 0.519 e. The van der Waals surface area contributed by atoms with E-state index in [-0.39, 0.29) is 5.56 Å². The van der Waals surface area contributed by atoms with Gasteiger partial charge in [-0.2, -0.15) is 0 Å². The Labute approximate surface area is 180 Å². The number of thioether (sulfide) groups is 1. The molecule has 2 aromatic carbocycles. The number of benzene rings is 2. The fourth-order valence-electron chi connectivity index (χ4n) is 3.68. The van der Waals surface area contributed by atoms with Gasteiger partial charge in [-0.15, -0.1) is 10.2 Å². The molecular formula is C22H18N4O4S. The van der Waals surface area contributed by atoms with Gasteiger partial charge in [-0.1, -0.05) is 41.6 Å². The smallest absolute Gasteiger partial charge is 0.396 e. The van der Waals surface area contributed by atoms with E-state index in [9.17, 15) is 9.59 Å². The summed E-state index contributed by atoms with van der Waals surface area (Å²) in [4.78, 5) is 24.8. The van der Waals surface area contributed by atoms with Gasteiger partial charge in [-0.3, -0.25) is 9.20 Å². The van der Waals surface area contributed by atoms with E-state index >= 15 is 0 Å². The van der Waals surface area contributed by atoms with E-state index < -0.39 is 5.82 Å². The summed E-state index contributed by atoms with van der Waals surface area (Å²) < 4.78 is 13.5. The third-order valence-corrected chi connectivity index (χ3v) is 6.08. The molecule has 0 aliphatic carbocycles. The number of hydrogen-bond acceptors (Lipinski definition) is 7. The minimum Gasteiger partial charge on any atom is -0.396 e. The third-order valence-electron chi connectivity index (χ3n) is 5.16. The van der Waals surface area contributed by atoms with Crippen LogP contribution in [-0.4, -0.2) is 19.2 Å². The molecular weight excluding hydrogens is 416 g/mol. The highest BCUT2D eigenvalue weighted by Crippen LogP contribution is 2.27.